The molecule has 0 radical (unpaired) electrons. The maximum absolute atomic E-state index is 8.71. The van der Waals surface area contributed by atoms with Gasteiger partial charge in [0.2, 0.25) is 0 Å². The number of rotatable bonds is 6. The number of hydrogen-bond donors (Lipinski definition) is 1. The normalized spacial score (nSPS) is 19.5. The molecule has 0 aromatic carbocycles. The van der Waals surface area contributed by atoms with E-state index in [4.69, 9.17) is 10.00 Å². The van der Waals surface area contributed by atoms with Gasteiger partial charge in [-0.1, -0.05) is 0 Å². The molecule has 4 heteroatoms. The molecule has 3 nitrogen and oxygen atoms in total. The van der Waals surface area contributed by atoms with Crippen LogP contribution in [0.1, 0.15) is 33.1 Å². The van der Waals surface area contributed by atoms with Crippen molar-refractivity contribution in [3.63, 3.8) is 0 Å². The summed E-state index contributed by atoms with van der Waals surface area (Å²) in [5.41, 5.74) is 0.279. The second-order valence-corrected chi connectivity index (χ2v) is 5.56. The molecule has 0 bridgehead atoms. The number of nitrogens with zero attached hydrogens (tertiary/aromatic N) is 2. The Balaban J connectivity index is 2.59. The second-order valence-electron chi connectivity index (χ2n) is 5.24. The number of ether oxygens (including phenoxy) is 1. The molecular formula is C13H24N2OS. The number of hydrogen-bond acceptors (Lipinski definition) is 4. The summed E-state index contributed by atoms with van der Waals surface area (Å²) < 4.78 is 5.44. The maximum Gasteiger partial charge on any atom is 0.0635 e. The van der Waals surface area contributed by atoms with Crippen molar-refractivity contribution in [1.82, 2.24) is 4.90 Å². The van der Waals surface area contributed by atoms with Crippen molar-refractivity contribution in [3.05, 3.63) is 0 Å². The minimum atomic E-state index is 0.279. The van der Waals surface area contributed by atoms with E-state index in [1.54, 1.807) is 0 Å². The van der Waals surface area contributed by atoms with Gasteiger partial charge in [0.1, 0.15) is 0 Å². The van der Waals surface area contributed by atoms with Gasteiger partial charge in [0.25, 0.3) is 0 Å². The molecule has 0 N–H and O–H groups in total. The van der Waals surface area contributed by atoms with E-state index >= 15 is 0 Å². The van der Waals surface area contributed by atoms with Crippen LogP contribution in [0.2, 0.25) is 0 Å². The van der Waals surface area contributed by atoms with E-state index in [9.17, 15) is 0 Å². The van der Waals surface area contributed by atoms with E-state index in [1.165, 1.54) is 0 Å². The molecule has 0 aromatic heterocycles. The van der Waals surface area contributed by atoms with Gasteiger partial charge in [0, 0.05) is 38.8 Å². The van der Waals surface area contributed by atoms with Crippen molar-refractivity contribution in [2.75, 3.05) is 32.1 Å². The van der Waals surface area contributed by atoms with Gasteiger partial charge in [-0.2, -0.15) is 17.9 Å². The highest BCUT2D eigenvalue weighted by Gasteiger charge is 2.33. The van der Waals surface area contributed by atoms with Crippen LogP contribution in [-0.4, -0.2) is 43.0 Å². The first-order valence-electron chi connectivity index (χ1n) is 6.43. The minimum Gasteiger partial charge on any atom is -0.381 e. The Morgan fingerprint density at radius 1 is 1.41 bits per heavy atom. The van der Waals surface area contributed by atoms with Crippen molar-refractivity contribution in [1.29, 1.82) is 5.26 Å². The highest BCUT2D eigenvalue weighted by Crippen LogP contribution is 2.33. The molecule has 0 spiro atoms. The Bertz CT molecular complexity index is 257. The van der Waals surface area contributed by atoms with Crippen molar-refractivity contribution < 1.29 is 4.74 Å². The summed E-state index contributed by atoms with van der Waals surface area (Å²) >= 11 is 4.54. The van der Waals surface area contributed by atoms with Crippen LogP contribution in [0.25, 0.3) is 0 Å². The molecule has 0 unspecified atom stereocenters. The standard InChI is InChI=1S/C13H24N2OS/c1-12(2)15(7-3-6-14)10-13(11-17)4-8-16-9-5-13/h12,17H,3-5,7-11H2,1-2H3. The first-order valence-corrected chi connectivity index (χ1v) is 7.06. The lowest BCUT2D eigenvalue weighted by Gasteiger charge is -2.41. The van der Waals surface area contributed by atoms with E-state index in [-0.39, 0.29) is 5.41 Å². The van der Waals surface area contributed by atoms with Gasteiger partial charge in [-0.25, -0.2) is 0 Å². The van der Waals surface area contributed by atoms with Crippen LogP contribution in [0.4, 0.5) is 0 Å². The monoisotopic (exact) mass is 256 g/mol. The number of nitriles is 1. The number of thiol groups is 1. The van der Waals surface area contributed by atoms with Crippen molar-refractivity contribution >= 4 is 12.6 Å². The average Bonchev–Trinajstić information content (AvgIpc) is 2.35. The van der Waals surface area contributed by atoms with Crippen LogP contribution < -0.4 is 0 Å². The molecule has 0 atom stereocenters. The topological polar surface area (TPSA) is 36.3 Å². The first kappa shape index (κ1) is 14.8. The van der Waals surface area contributed by atoms with Crippen LogP contribution in [0.15, 0.2) is 0 Å². The summed E-state index contributed by atoms with van der Waals surface area (Å²) in [6, 6.07) is 2.72. The molecule has 0 saturated carbocycles. The van der Waals surface area contributed by atoms with E-state index < -0.39 is 0 Å². The molecule has 0 aliphatic carbocycles. The minimum absolute atomic E-state index is 0.279. The Labute approximate surface area is 111 Å². The molecule has 1 aliphatic heterocycles. The molecular weight excluding hydrogens is 232 g/mol. The lowest BCUT2D eigenvalue weighted by Crippen LogP contribution is -2.45. The van der Waals surface area contributed by atoms with E-state index in [0.29, 0.717) is 12.5 Å². The Hall–Kier alpha value is -0.240. The van der Waals surface area contributed by atoms with Crippen LogP contribution in [0.5, 0.6) is 0 Å². The van der Waals surface area contributed by atoms with Crippen molar-refractivity contribution in [3.8, 4) is 6.07 Å². The highest BCUT2D eigenvalue weighted by molar-refractivity contribution is 7.80. The molecule has 17 heavy (non-hydrogen) atoms. The third-order valence-electron chi connectivity index (χ3n) is 3.67. The van der Waals surface area contributed by atoms with Crippen LogP contribution in [0.3, 0.4) is 0 Å². The Morgan fingerprint density at radius 2 is 2.06 bits per heavy atom. The van der Waals surface area contributed by atoms with E-state index in [1.807, 2.05) is 0 Å². The first-order chi connectivity index (χ1) is 8.13. The molecule has 1 saturated heterocycles. The zero-order chi connectivity index (χ0) is 12.7. The predicted octanol–water partition coefficient (Wildman–Crippen LogP) is 2.34. The van der Waals surface area contributed by atoms with Crippen molar-refractivity contribution in [2.45, 2.75) is 39.2 Å². The van der Waals surface area contributed by atoms with Gasteiger partial charge in [-0.05, 0) is 37.9 Å². The molecule has 0 amide bonds. The molecule has 0 aromatic rings. The summed E-state index contributed by atoms with van der Waals surface area (Å²) in [5.74, 6) is 0.909. The summed E-state index contributed by atoms with van der Waals surface area (Å²) in [6.45, 7) is 8.01. The highest BCUT2D eigenvalue weighted by atomic mass is 32.1. The fraction of sp³-hybridized carbons (Fsp3) is 0.923. The molecule has 1 heterocycles. The van der Waals surface area contributed by atoms with Gasteiger partial charge in [-0.15, -0.1) is 0 Å². The Kier molecular flexibility index (Phi) is 6.32. The zero-order valence-electron chi connectivity index (χ0n) is 11.0. The van der Waals surface area contributed by atoms with Crippen LogP contribution in [-0.2, 0) is 4.74 Å². The van der Waals surface area contributed by atoms with Crippen LogP contribution >= 0.6 is 12.6 Å². The van der Waals surface area contributed by atoms with Gasteiger partial charge in [0.15, 0.2) is 0 Å². The predicted molar refractivity (Wildman–Crippen MR) is 73.3 cm³/mol. The van der Waals surface area contributed by atoms with Gasteiger partial charge >= 0.3 is 0 Å². The fourth-order valence-corrected chi connectivity index (χ4v) is 2.73. The largest absolute Gasteiger partial charge is 0.381 e. The molecule has 1 aliphatic rings. The van der Waals surface area contributed by atoms with Gasteiger partial charge in [0.05, 0.1) is 6.07 Å². The summed E-state index contributed by atoms with van der Waals surface area (Å²) in [6.07, 6.45) is 2.79. The Morgan fingerprint density at radius 3 is 2.53 bits per heavy atom. The third-order valence-corrected chi connectivity index (χ3v) is 4.34. The lowest BCUT2D eigenvalue weighted by molar-refractivity contribution is 0.00294. The SMILES string of the molecule is CC(C)N(CCC#N)CC1(CS)CCOCC1. The van der Waals surface area contributed by atoms with Crippen molar-refractivity contribution in [2.24, 2.45) is 5.41 Å². The fourth-order valence-electron chi connectivity index (χ4n) is 2.31. The zero-order valence-corrected chi connectivity index (χ0v) is 11.9. The average molecular weight is 256 g/mol. The second kappa shape index (κ2) is 7.25. The quantitative estimate of drug-likeness (QED) is 0.741. The maximum atomic E-state index is 8.71. The summed E-state index contributed by atoms with van der Waals surface area (Å²) in [7, 11) is 0. The van der Waals surface area contributed by atoms with E-state index in [0.717, 1.165) is 44.9 Å². The van der Waals surface area contributed by atoms with Crippen LogP contribution in [0, 0.1) is 16.7 Å². The molecule has 1 fully saturated rings. The van der Waals surface area contributed by atoms with Gasteiger partial charge in [-0.3, -0.25) is 4.90 Å². The molecule has 98 valence electrons. The summed E-state index contributed by atoms with van der Waals surface area (Å²) in [4.78, 5) is 2.41. The van der Waals surface area contributed by atoms with Gasteiger partial charge < -0.3 is 4.74 Å². The third kappa shape index (κ3) is 4.50. The molecule has 1 rings (SSSR count). The van der Waals surface area contributed by atoms with E-state index in [2.05, 4.69) is 37.4 Å². The summed E-state index contributed by atoms with van der Waals surface area (Å²) in [5, 5.41) is 8.71. The lowest BCUT2D eigenvalue weighted by atomic mass is 9.81. The smallest absolute Gasteiger partial charge is 0.0635 e.